The van der Waals surface area contributed by atoms with Crippen LogP contribution < -0.4 is 4.74 Å². The normalized spacial score (nSPS) is 22.2. The van der Waals surface area contributed by atoms with E-state index in [0.29, 0.717) is 18.3 Å². The first-order valence-electron chi connectivity index (χ1n) is 8.14. The Bertz CT molecular complexity index is 513. The number of benzene rings is 1. The van der Waals surface area contributed by atoms with E-state index in [4.69, 9.17) is 0 Å². The van der Waals surface area contributed by atoms with E-state index in [2.05, 4.69) is 4.74 Å². The molecule has 134 valence electrons. The molecule has 0 atom stereocenters. The Labute approximate surface area is 138 Å². The van der Waals surface area contributed by atoms with Crippen LogP contribution in [0.15, 0.2) is 36.4 Å². The minimum absolute atomic E-state index is 0.0990. The number of allylic oxidation sites excluding steroid dienone is 2. The summed E-state index contributed by atoms with van der Waals surface area (Å²) in [5.74, 6) is 0.532. The molecule has 0 saturated heterocycles. The summed E-state index contributed by atoms with van der Waals surface area (Å²) in [4.78, 5) is 0. The van der Waals surface area contributed by atoms with Crippen LogP contribution in [0.3, 0.4) is 0 Å². The largest absolute Gasteiger partial charge is 0.573 e. The molecule has 24 heavy (non-hydrogen) atoms. The summed E-state index contributed by atoms with van der Waals surface area (Å²) in [7, 11) is 0. The average molecular weight is 348 g/mol. The highest BCUT2D eigenvalue weighted by Crippen LogP contribution is 2.37. The highest BCUT2D eigenvalue weighted by Gasteiger charge is 2.31. The molecule has 1 fully saturated rings. The van der Waals surface area contributed by atoms with Crippen LogP contribution in [-0.2, 0) is 0 Å². The molecule has 0 radical (unpaired) electrons. The van der Waals surface area contributed by atoms with E-state index < -0.39 is 12.8 Å². The van der Waals surface area contributed by atoms with Gasteiger partial charge in [0.1, 0.15) is 5.75 Å². The quantitative estimate of drug-likeness (QED) is 0.423. The lowest BCUT2D eigenvalue weighted by atomic mass is 9.78. The van der Waals surface area contributed by atoms with E-state index in [1.54, 1.807) is 12.1 Å². The first kappa shape index (κ1) is 18.7. The zero-order valence-corrected chi connectivity index (χ0v) is 13.2. The lowest BCUT2D eigenvalue weighted by molar-refractivity contribution is -0.274. The van der Waals surface area contributed by atoms with Crippen LogP contribution in [-0.4, -0.2) is 12.8 Å². The van der Waals surface area contributed by atoms with Gasteiger partial charge in [0, 0.05) is 6.42 Å². The third-order valence-corrected chi connectivity index (χ3v) is 4.32. The zero-order valence-electron chi connectivity index (χ0n) is 13.2. The van der Waals surface area contributed by atoms with Gasteiger partial charge < -0.3 is 4.74 Å². The zero-order chi connectivity index (χ0) is 17.6. The Hall–Kier alpha value is -1.59. The van der Waals surface area contributed by atoms with Crippen molar-refractivity contribution >= 4 is 0 Å². The van der Waals surface area contributed by atoms with E-state index in [9.17, 15) is 22.0 Å². The molecule has 0 spiro atoms. The van der Waals surface area contributed by atoms with Crippen molar-refractivity contribution in [3.8, 4) is 5.75 Å². The lowest BCUT2D eigenvalue weighted by Crippen LogP contribution is -2.17. The molecule has 0 bridgehead atoms. The Morgan fingerprint density at radius 1 is 1.04 bits per heavy atom. The van der Waals surface area contributed by atoms with Crippen LogP contribution in [0.25, 0.3) is 0 Å². The summed E-state index contributed by atoms with van der Waals surface area (Å²) in [6.45, 7) is 0. The summed E-state index contributed by atoms with van der Waals surface area (Å²) in [6, 6.07) is 6.06. The van der Waals surface area contributed by atoms with E-state index in [1.807, 2.05) is 12.2 Å². The number of rotatable bonds is 6. The molecule has 1 aliphatic rings. The maximum Gasteiger partial charge on any atom is 0.573 e. The van der Waals surface area contributed by atoms with Crippen molar-refractivity contribution in [2.24, 2.45) is 5.92 Å². The van der Waals surface area contributed by atoms with Crippen molar-refractivity contribution in [3.63, 3.8) is 0 Å². The van der Waals surface area contributed by atoms with E-state index in [0.717, 1.165) is 31.2 Å². The summed E-state index contributed by atoms with van der Waals surface area (Å²) < 4.78 is 64.4. The second-order valence-electron chi connectivity index (χ2n) is 6.13. The monoisotopic (exact) mass is 348 g/mol. The maximum absolute atomic E-state index is 12.1. The van der Waals surface area contributed by atoms with Crippen molar-refractivity contribution < 1.29 is 26.7 Å². The summed E-state index contributed by atoms with van der Waals surface area (Å²) >= 11 is 0. The van der Waals surface area contributed by atoms with Gasteiger partial charge in [-0.1, -0.05) is 24.3 Å². The molecular formula is C18H21F5O. The second kappa shape index (κ2) is 8.49. The second-order valence-corrected chi connectivity index (χ2v) is 6.13. The molecule has 0 unspecified atom stereocenters. The first-order valence-corrected chi connectivity index (χ1v) is 8.14. The molecule has 0 N–H and O–H groups in total. The minimum atomic E-state index is -4.67. The fourth-order valence-electron chi connectivity index (χ4n) is 3.10. The van der Waals surface area contributed by atoms with Gasteiger partial charge in [-0.3, -0.25) is 0 Å². The smallest absolute Gasteiger partial charge is 0.406 e. The van der Waals surface area contributed by atoms with E-state index >= 15 is 0 Å². The molecule has 1 saturated carbocycles. The molecule has 0 aromatic heterocycles. The summed E-state index contributed by atoms with van der Waals surface area (Å²) in [5.41, 5.74) is 1.02. The van der Waals surface area contributed by atoms with Crippen molar-refractivity contribution in [3.05, 3.63) is 42.0 Å². The molecule has 1 aromatic carbocycles. The van der Waals surface area contributed by atoms with Gasteiger partial charge in [0.15, 0.2) is 0 Å². The average Bonchev–Trinajstić information content (AvgIpc) is 2.51. The molecule has 0 amide bonds. The third kappa shape index (κ3) is 6.49. The predicted octanol–water partition coefficient (Wildman–Crippen LogP) is 6.46. The van der Waals surface area contributed by atoms with Crippen molar-refractivity contribution in [2.75, 3.05) is 0 Å². The van der Waals surface area contributed by atoms with Gasteiger partial charge in [-0.2, -0.15) is 0 Å². The minimum Gasteiger partial charge on any atom is -0.406 e. The Morgan fingerprint density at radius 2 is 1.67 bits per heavy atom. The number of hydrogen-bond acceptors (Lipinski definition) is 1. The number of alkyl halides is 5. The van der Waals surface area contributed by atoms with Gasteiger partial charge in [0.2, 0.25) is 6.43 Å². The Balaban J connectivity index is 1.79. The predicted molar refractivity (Wildman–Crippen MR) is 82.2 cm³/mol. The third-order valence-electron chi connectivity index (χ3n) is 4.32. The summed E-state index contributed by atoms with van der Waals surface area (Å²) in [5, 5.41) is 0. The maximum atomic E-state index is 12.1. The highest BCUT2D eigenvalue weighted by atomic mass is 19.4. The molecule has 2 rings (SSSR count). The van der Waals surface area contributed by atoms with Crippen molar-refractivity contribution in [2.45, 2.75) is 57.2 Å². The van der Waals surface area contributed by atoms with Gasteiger partial charge in [0.25, 0.3) is 0 Å². The number of halogens is 5. The fraction of sp³-hybridized carbons (Fsp3) is 0.556. The van der Waals surface area contributed by atoms with Gasteiger partial charge in [-0.25, -0.2) is 8.78 Å². The lowest BCUT2D eigenvalue weighted by Gasteiger charge is -2.27. The van der Waals surface area contributed by atoms with Crippen LogP contribution in [0.4, 0.5) is 22.0 Å². The highest BCUT2D eigenvalue weighted by molar-refractivity contribution is 5.30. The van der Waals surface area contributed by atoms with Crippen LogP contribution in [0.1, 0.15) is 50.0 Å². The summed E-state index contributed by atoms with van der Waals surface area (Å²) in [6.07, 6.45) is 1.07. The van der Waals surface area contributed by atoms with Gasteiger partial charge in [-0.15, -0.1) is 13.2 Å². The number of hydrogen-bond donors (Lipinski definition) is 0. The molecule has 0 aliphatic heterocycles. The molecular weight excluding hydrogens is 327 g/mol. The van der Waals surface area contributed by atoms with Gasteiger partial charge in [-0.05, 0) is 61.6 Å². The number of ether oxygens (including phenoxy) is 1. The van der Waals surface area contributed by atoms with Gasteiger partial charge >= 0.3 is 6.36 Å². The van der Waals surface area contributed by atoms with Crippen LogP contribution >= 0.6 is 0 Å². The van der Waals surface area contributed by atoms with Crippen LogP contribution in [0, 0.1) is 5.92 Å². The van der Waals surface area contributed by atoms with Crippen LogP contribution in [0.5, 0.6) is 5.75 Å². The Kier molecular flexibility index (Phi) is 6.63. The van der Waals surface area contributed by atoms with Crippen LogP contribution in [0.2, 0.25) is 0 Å². The van der Waals surface area contributed by atoms with Crippen molar-refractivity contribution in [1.82, 2.24) is 0 Å². The topological polar surface area (TPSA) is 9.23 Å². The molecule has 0 heterocycles. The molecule has 6 heteroatoms. The molecule has 1 aromatic rings. The standard InChI is InChI=1S/C18H21F5O/c19-17(20)4-2-1-3-13-5-7-14(8-6-13)15-9-11-16(12-10-15)24-18(21,22)23/h1,3,9-14,17H,2,4-8H2. The first-order chi connectivity index (χ1) is 11.3. The van der Waals surface area contributed by atoms with E-state index in [-0.39, 0.29) is 12.2 Å². The molecule has 1 nitrogen and oxygen atoms in total. The fourth-order valence-corrected chi connectivity index (χ4v) is 3.10. The SMILES string of the molecule is FC(F)CCC=CC1CCC(c2ccc(OC(F)(F)F)cc2)CC1. The van der Waals surface area contributed by atoms with E-state index in [1.165, 1.54) is 12.1 Å². The molecule has 1 aliphatic carbocycles. The van der Waals surface area contributed by atoms with Crippen molar-refractivity contribution in [1.29, 1.82) is 0 Å². The Morgan fingerprint density at radius 3 is 2.21 bits per heavy atom. The van der Waals surface area contributed by atoms with Gasteiger partial charge in [0.05, 0.1) is 0 Å².